The molecule has 0 bridgehead atoms. The molecule has 0 saturated heterocycles. The molecule has 14 heavy (non-hydrogen) atoms. The summed E-state index contributed by atoms with van der Waals surface area (Å²) in [5.74, 6) is 6.30. The van der Waals surface area contributed by atoms with Crippen molar-refractivity contribution in [2.24, 2.45) is 0 Å². The average Bonchev–Trinajstić information content (AvgIpc) is 2.26. The molecule has 0 fully saturated rings. The van der Waals surface area contributed by atoms with Gasteiger partial charge in [0.25, 0.3) is 0 Å². The molecule has 0 saturated carbocycles. The Bertz CT molecular complexity index is 387. The van der Waals surface area contributed by atoms with Crippen molar-refractivity contribution >= 4 is 11.6 Å². The molecule has 0 amide bonds. The standard InChI is InChI=1S/C12H12ClN/c13-6-1-2-10-3-4-11-5-7-14-9-12(11)8-10/h3-4,8,14H,5-7,9H2. The molecule has 1 heterocycles. The molecule has 1 nitrogen and oxygen atoms in total. The summed E-state index contributed by atoms with van der Waals surface area (Å²) < 4.78 is 0. The summed E-state index contributed by atoms with van der Waals surface area (Å²) in [6.07, 6.45) is 1.12. The fourth-order valence-electron chi connectivity index (χ4n) is 1.69. The zero-order valence-corrected chi connectivity index (χ0v) is 8.69. The number of rotatable bonds is 0. The van der Waals surface area contributed by atoms with Gasteiger partial charge >= 0.3 is 0 Å². The van der Waals surface area contributed by atoms with E-state index in [-0.39, 0.29) is 0 Å². The largest absolute Gasteiger partial charge is 0.312 e. The van der Waals surface area contributed by atoms with Gasteiger partial charge < -0.3 is 5.32 Å². The highest BCUT2D eigenvalue weighted by molar-refractivity contribution is 6.19. The highest BCUT2D eigenvalue weighted by Gasteiger charge is 2.07. The number of nitrogens with one attached hydrogen (secondary N) is 1. The Labute approximate surface area is 89.5 Å². The number of halogens is 1. The van der Waals surface area contributed by atoms with Crippen LogP contribution in [0.15, 0.2) is 18.2 Å². The zero-order chi connectivity index (χ0) is 9.80. The quantitative estimate of drug-likeness (QED) is 0.504. The van der Waals surface area contributed by atoms with E-state index in [0.717, 1.165) is 25.1 Å². The molecule has 1 aromatic rings. The van der Waals surface area contributed by atoms with Gasteiger partial charge in [0, 0.05) is 12.1 Å². The Morgan fingerprint density at radius 1 is 1.36 bits per heavy atom. The van der Waals surface area contributed by atoms with Crippen LogP contribution in [0.2, 0.25) is 0 Å². The molecule has 1 N–H and O–H groups in total. The van der Waals surface area contributed by atoms with E-state index in [4.69, 9.17) is 11.6 Å². The van der Waals surface area contributed by atoms with Crippen molar-refractivity contribution in [2.75, 3.05) is 12.4 Å². The molecule has 2 heteroatoms. The van der Waals surface area contributed by atoms with Gasteiger partial charge in [0.05, 0.1) is 5.88 Å². The third kappa shape index (κ3) is 2.09. The average molecular weight is 206 g/mol. The van der Waals surface area contributed by atoms with E-state index < -0.39 is 0 Å². The molecule has 2 rings (SSSR count). The molecular formula is C12H12ClN. The van der Waals surface area contributed by atoms with E-state index in [2.05, 4.69) is 35.4 Å². The lowest BCUT2D eigenvalue weighted by Crippen LogP contribution is -2.23. The summed E-state index contributed by atoms with van der Waals surface area (Å²) in [4.78, 5) is 0. The molecule has 1 aliphatic rings. The Hall–Kier alpha value is -0.970. The first-order valence-electron chi connectivity index (χ1n) is 4.77. The second kappa shape index (κ2) is 4.50. The fraction of sp³-hybridized carbons (Fsp3) is 0.333. The van der Waals surface area contributed by atoms with Gasteiger partial charge in [-0.25, -0.2) is 0 Å². The number of hydrogen-bond donors (Lipinski definition) is 1. The second-order valence-electron chi connectivity index (χ2n) is 3.35. The minimum Gasteiger partial charge on any atom is -0.312 e. The normalized spacial score (nSPS) is 14.1. The molecule has 0 unspecified atom stereocenters. The maximum absolute atomic E-state index is 5.51. The van der Waals surface area contributed by atoms with Crippen molar-refractivity contribution < 1.29 is 0 Å². The second-order valence-corrected chi connectivity index (χ2v) is 3.61. The highest BCUT2D eigenvalue weighted by atomic mass is 35.5. The molecule has 72 valence electrons. The monoisotopic (exact) mass is 205 g/mol. The first kappa shape index (κ1) is 9.58. The molecule has 0 spiro atoms. The molecule has 0 aromatic heterocycles. The first-order valence-corrected chi connectivity index (χ1v) is 5.31. The summed E-state index contributed by atoms with van der Waals surface area (Å²) in [5.41, 5.74) is 3.88. The number of alkyl halides is 1. The molecule has 0 aliphatic carbocycles. The van der Waals surface area contributed by atoms with Crippen LogP contribution in [0.1, 0.15) is 16.7 Å². The minimum absolute atomic E-state index is 0.398. The van der Waals surface area contributed by atoms with Gasteiger partial charge in [-0.1, -0.05) is 17.9 Å². The van der Waals surface area contributed by atoms with Crippen LogP contribution in [0.5, 0.6) is 0 Å². The lowest BCUT2D eigenvalue weighted by Gasteiger charge is -2.16. The van der Waals surface area contributed by atoms with Crippen molar-refractivity contribution in [2.45, 2.75) is 13.0 Å². The predicted octanol–water partition coefficient (Wildman–Crippen LogP) is 1.92. The van der Waals surface area contributed by atoms with Gasteiger partial charge in [-0.05, 0) is 36.2 Å². The summed E-state index contributed by atoms with van der Waals surface area (Å²) in [6, 6.07) is 6.40. The summed E-state index contributed by atoms with van der Waals surface area (Å²) in [5, 5.41) is 3.35. The fourth-order valence-corrected chi connectivity index (χ4v) is 1.76. The minimum atomic E-state index is 0.398. The van der Waals surface area contributed by atoms with Crippen LogP contribution in [0, 0.1) is 11.8 Å². The Balaban J connectivity index is 2.29. The topological polar surface area (TPSA) is 12.0 Å². The van der Waals surface area contributed by atoms with Crippen LogP contribution >= 0.6 is 11.6 Å². The van der Waals surface area contributed by atoms with E-state index in [1.54, 1.807) is 0 Å². The lowest BCUT2D eigenvalue weighted by molar-refractivity contribution is 0.643. The van der Waals surface area contributed by atoms with E-state index in [1.165, 1.54) is 11.1 Å². The number of benzene rings is 1. The van der Waals surface area contributed by atoms with Crippen LogP contribution in [0.4, 0.5) is 0 Å². The van der Waals surface area contributed by atoms with Crippen LogP contribution in [0.3, 0.4) is 0 Å². The van der Waals surface area contributed by atoms with Gasteiger partial charge in [-0.15, -0.1) is 11.6 Å². The Morgan fingerprint density at radius 3 is 3.14 bits per heavy atom. The van der Waals surface area contributed by atoms with E-state index in [1.807, 2.05) is 0 Å². The van der Waals surface area contributed by atoms with Gasteiger partial charge in [-0.2, -0.15) is 0 Å². The molecule has 0 atom stereocenters. The van der Waals surface area contributed by atoms with E-state index in [9.17, 15) is 0 Å². The van der Waals surface area contributed by atoms with Gasteiger partial charge in [0.1, 0.15) is 0 Å². The van der Waals surface area contributed by atoms with Crippen LogP contribution in [0.25, 0.3) is 0 Å². The van der Waals surface area contributed by atoms with Crippen LogP contribution < -0.4 is 5.32 Å². The maximum Gasteiger partial charge on any atom is 0.0839 e. The molecule has 1 aliphatic heterocycles. The third-order valence-electron chi connectivity index (χ3n) is 2.39. The van der Waals surface area contributed by atoms with Crippen molar-refractivity contribution in [1.82, 2.24) is 5.32 Å². The molecular weight excluding hydrogens is 194 g/mol. The van der Waals surface area contributed by atoms with Gasteiger partial charge in [-0.3, -0.25) is 0 Å². The third-order valence-corrected chi connectivity index (χ3v) is 2.53. The van der Waals surface area contributed by atoms with Crippen molar-refractivity contribution in [3.8, 4) is 11.8 Å². The summed E-state index contributed by atoms with van der Waals surface area (Å²) >= 11 is 5.51. The van der Waals surface area contributed by atoms with Crippen LogP contribution in [-0.4, -0.2) is 12.4 Å². The lowest BCUT2D eigenvalue weighted by atomic mass is 9.99. The van der Waals surface area contributed by atoms with Crippen molar-refractivity contribution in [3.63, 3.8) is 0 Å². The number of hydrogen-bond acceptors (Lipinski definition) is 1. The molecule has 1 aromatic carbocycles. The molecule has 0 radical (unpaired) electrons. The van der Waals surface area contributed by atoms with Crippen molar-refractivity contribution in [1.29, 1.82) is 0 Å². The maximum atomic E-state index is 5.51. The Morgan fingerprint density at radius 2 is 2.29 bits per heavy atom. The van der Waals surface area contributed by atoms with E-state index >= 15 is 0 Å². The predicted molar refractivity (Wildman–Crippen MR) is 59.5 cm³/mol. The number of fused-ring (bicyclic) bond motifs is 1. The Kier molecular flexibility index (Phi) is 3.08. The van der Waals surface area contributed by atoms with Gasteiger partial charge in [0.2, 0.25) is 0 Å². The highest BCUT2D eigenvalue weighted by Crippen LogP contribution is 2.15. The van der Waals surface area contributed by atoms with Crippen molar-refractivity contribution in [3.05, 3.63) is 34.9 Å². The smallest absolute Gasteiger partial charge is 0.0839 e. The summed E-state index contributed by atoms with van der Waals surface area (Å²) in [6.45, 7) is 2.05. The van der Waals surface area contributed by atoms with Crippen LogP contribution in [-0.2, 0) is 13.0 Å². The SMILES string of the molecule is ClCC#Cc1ccc2c(c1)CNCC2. The summed E-state index contributed by atoms with van der Waals surface area (Å²) in [7, 11) is 0. The zero-order valence-electron chi connectivity index (χ0n) is 7.94. The van der Waals surface area contributed by atoms with E-state index in [0.29, 0.717) is 5.88 Å². The van der Waals surface area contributed by atoms with Gasteiger partial charge in [0.15, 0.2) is 0 Å². The first-order chi connectivity index (χ1) is 6.90.